The third-order valence-corrected chi connectivity index (χ3v) is 4.41. The van der Waals surface area contributed by atoms with E-state index in [1.165, 1.54) is 0 Å². The lowest BCUT2D eigenvalue weighted by Gasteiger charge is -2.06. The van der Waals surface area contributed by atoms with Gasteiger partial charge in [-0.25, -0.2) is 4.98 Å². The maximum atomic E-state index is 12.3. The fourth-order valence-corrected chi connectivity index (χ4v) is 3.24. The minimum Gasteiger partial charge on any atom is -0.322 e. The molecule has 2 aromatic carbocycles. The van der Waals surface area contributed by atoms with E-state index in [1.807, 2.05) is 48.7 Å². The normalized spacial score (nSPS) is 10.8. The van der Waals surface area contributed by atoms with Crippen LogP contribution in [-0.4, -0.2) is 15.3 Å². The van der Waals surface area contributed by atoms with Gasteiger partial charge in [-0.15, -0.1) is 0 Å². The number of fused-ring (bicyclic) bond motifs is 1. The van der Waals surface area contributed by atoms with Gasteiger partial charge in [0, 0.05) is 29.2 Å². The number of pyridine rings is 1. The van der Waals surface area contributed by atoms with Crippen molar-refractivity contribution in [1.82, 2.24) is 9.38 Å². The highest BCUT2D eigenvalue weighted by atomic mass is 35.5. The smallest absolute Gasteiger partial charge is 0.255 e. The molecule has 0 unspecified atom stereocenters. The summed E-state index contributed by atoms with van der Waals surface area (Å²) in [6.07, 6.45) is 3.60. The number of hydrogen-bond acceptors (Lipinski definition) is 2. The van der Waals surface area contributed by atoms with Gasteiger partial charge in [-0.05, 0) is 30.3 Å². The second-order valence-electron chi connectivity index (χ2n) is 5.76. The lowest BCUT2D eigenvalue weighted by Crippen LogP contribution is -2.11. The predicted molar refractivity (Wildman–Crippen MR) is 105 cm³/mol. The van der Waals surface area contributed by atoms with E-state index in [0.717, 1.165) is 11.3 Å². The van der Waals surface area contributed by atoms with Gasteiger partial charge < -0.3 is 9.72 Å². The number of rotatable bonds is 3. The monoisotopic (exact) mass is 381 g/mol. The number of nitrogens with one attached hydrogen (secondary N) is 1. The number of anilines is 1. The highest BCUT2D eigenvalue weighted by Gasteiger charge is 2.10. The van der Waals surface area contributed by atoms with Gasteiger partial charge in [0.05, 0.1) is 15.7 Å². The molecule has 128 valence electrons. The number of imidazole rings is 1. The second kappa shape index (κ2) is 6.83. The zero-order valence-electron chi connectivity index (χ0n) is 13.5. The standard InChI is InChI=1S/C20H13Cl2N3O/c21-15-10-17(22)19-24-18(12-25(19)11-15)14-7-4-8-16(9-14)23-20(26)13-5-2-1-3-6-13/h1-12H,(H,23,26). The lowest BCUT2D eigenvalue weighted by molar-refractivity contribution is 0.102. The first-order chi connectivity index (χ1) is 12.6. The fourth-order valence-electron chi connectivity index (χ4n) is 2.71. The van der Waals surface area contributed by atoms with Gasteiger partial charge in [0.25, 0.3) is 5.91 Å². The van der Waals surface area contributed by atoms with Crippen molar-refractivity contribution in [2.24, 2.45) is 0 Å². The molecule has 2 heterocycles. The first-order valence-corrected chi connectivity index (χ1v) is 8.66. The Hall–Kier alpha value is -2.82. The van der Waals surface area contributed by atoms with Gasteiger partial charge in [0.2, 0.25) is 0 Å². The number of halogens is 2. The molecule has 0 radical (unpaired) electrons. The van der Waals surface area contributed by atoms with E-state index < -0.39 is 0 Å². The summed E-state index contributed by atoms with van der Waals surface area (Å²) in [6, 6.07) is 18.2. The highest BCUT2D eigenvalue weighted by Crippen LogP contribution is 2.27. The quantitative estimate of drug-likeness (QED) is 0.504. The lowest BCUT2D eigenvalue weighted by atomic mass is 10.1. The van der Waals surface area contributed by atoms with E-state index in [1.54, 1.807) is 28.8 Å². The van der Waals surface area contributed by atoms with Gasteiger partial charge in [0.1, 0.15) is 0 Å². The Morgan fingerprint density at radius 3 is 2.58 bits per heavy atom. The second-order valence-corrected chi connectivity index (χ2v) is 6.61. The van der Waals surface area contributed by atoms with E-state index >= 15 is 0 Å². The number of aromatic nitrogens is 2. The molecule has 0 saturated carbocycles. The van der Waals surface area contributed by atoms with Crippen molar-refractivity contribution < 1.29 is 4.79 Å². The minimum absolute atomic E-state index is 0.160. The average Bonchev–Trinajstić information content (AvgIpc) is 3.07. The molecule has 0 aliphatic rings. The van der Waals surface area contributed by atoms with E-state index in [4.69, 9.17) is 23.2 Å². The van der Waals surface area contributed by atoms with Crippen LogP contribution in [0.3, 0.4) is 0 Å². The third-order valence-electron chi connectivity index (χ3n) is 3.93. The maximum absolute atomic E-state index is 12.3. The van der Waals surface area contributed by atoms with Crippen LogP contribution in [0.5, 0.6) is 0 Å². The van der Waals surface area contributed by atoms with Crippen molar-refractivity contribution in [2.45, 2.75) is 0 Å². The zero-order chi connectivity index (χ0) is 18.1. The molecule has 0 spiro atoms. The number of carbonyl (C=O) groups excluding carboxylic acids is 1. The summed E-state index contributed by atoms with van der Waals surface area (Å²) in [4.78, 5) is 16.9. The van der Waals surface area contributed by atoms with E-state index in [0.29, 0.717) is 26.9 Å². The Bertz CT molecular complexity index is 1110. The van der Waals surface area contributed by atoms with Gasteiger partial charge in [-0.2, -0.15) is 0 Å². The van der Waals surface area contributed by atoms with Crippen LogP contribution in [0.4, 0.5) is 5.69 Å². The largest absolute Gasteiger partial charge is 0.322 e. The van der Waals surface area contributed by atoms with Crippen LogP contribution in [0.15, 0.2) is 73.1 Å². The van der Waals surface area contributed by atoms with E-state index in [2.05, 4.69) is 10.3 Å². The molecule has 0 saturated heterocycles. The molecular weight excluding hydrogens is 369 g/mol. The molecular formula is C20H13Cl2N3O. The van der Waals surface area contributed by atoms with Gasteiger partial charge in [-0.1, -0.05) is 53.5 Å². The SMILES string of the molecule is O=C(Nc1cccc(-c2cn3cc(Cl)cc(Cl)c3n2)c1)c1ccccc1. The topological polar surface area (TPSA) is 46.4 Å². The number of benzene rings is 2. The molecule has 4 rings (SSSR count). The van der Waals surface area contributed by atoms with Crippen molar-refractivity contribution in [1.29, 1.82) is 0 Å². The van der Waals surface area contributed by atoms with Gasteiger partial charge >= 0.3 is 0 Å². The molecule has 1 N–H and O–H groups in total. The van der Waals surface area contributed by atoms with Crippen molar-refractivity contribution in [2.75, 3.05) is 5.32 Å². The molecule has 2 aromatic heterocycles. The molecule has 0 bridgehead atoms. The molecule has 0 aliphatic carbocycles. The molecule has 1 amide bonds. The van der Waals surface area contributed by atoms with Crippen molar-refractivity contribution in [3.8, 4) is 11.3 Å². The Morgan fingerprint density at radius 2 is 1.77 bits per heavy atom. The molecule has 4 aromatic rings. The number of hydrogen-bond donors (Lipinski definition) is 1. The summed E-state index contributed by atoms with van der Waals surface area (Å²) < 4.78 is 1.79. The number of nitrogens with zero attached hydrogens (tertiary/aromatic N) is 2. The number of carbonyl (C=O) groups is 1. The van der Waals surface area contributed by atoms with Crippen LogP contribution < -0.4 is 5.32 Å². The summed E-state index contributed by atoms with van der Waals surface area (Å²) in [5.74, 6) is -0.160. The first kappa shape index (κ1) is 16.6. The van der Waals surface area contributed by atoms with Crippen molar-refractivity contribution in [3.05, 3.63) is 88.7 Å². The summed E-state index contributed by atoms with van der Waals surface area (Å²) in [7, 11) is 0. The predicted octanol–water partition coefficient (Wildman–Crippen LogP) is 5.56. The average molecular weight is 382 g/mol. The fraction of sp³-hybridized carbons (Fsp3) is 0. The van der Waals surface area contributed by atoms with Crippen LogP contribution in [0.25, 0.3) is 16.9 Å². The maximum Gasteiger partial charge on any atom is 0.255 e. The van der Waals surface area contributed by atoms with Crippen molar-refractivity contribution >= 4 is 40.4 Å². The summed E-state index contributed by atoms with van der Waals surface area (Å²) >= 11 is 12.2. The summed E-state index contributed by atoms with van der Waals surface area (Å²) in [6.45, 7) is 0. The molecule has 0 aliphatic heterocycles. The minimum atomic E-state index is -0.160. The number of amides is 1. The first-order valence-electron chi connectivity index (χ1n) is 7.91. The Kier molecular flexibility index (Phi) is 4.37. The molecule has 0 fully saturated rings. The summed E-state index contributed by atoms with van der Waals surface area (Å²) in [5.41, 5.74) is 3.53. The van der Waals surface area contributed by atoms with Crippen LogP contribution in [-0.2, 0) is 0 Å². The third kappa shape index (κ3) is 3.29. The molecule has 4 nitrogen and oxygen atoms in total. The van der Waals surface area contributed by atoms with Gasteiger partial charge in [0.15, 0.2) is 5.65 Å². The van der Waals surface area contributed by atoms with Crippen molar-refractivity contribution in [3.63, 3.8) is 0 Å². The van der Waals surface area contributed by atoms with Crippen LogP contribution >= 0.6 is 23.2 Å². The Labute approximate surface area is 160 Å². The zero-order valence-corrected chi connectivity index (χ0v) is 15.0. The highest BCUT2D eigenvalue weighted by molar-refractivity contribution is 6.36. The Balaban J connectivity index is 1.66. The van der Waals surface area contributed by atoms with E-state index in [9.17, 15) is 4.79 Å². The van der Waals surface area contributed by atoms with Gasteiger partial charge in [-0.3, -0.25) is 4.79 Å². The van der Waals surface area contributed by atoms with Crippen LogP contribution in [0, 0.1) is 0 Å². The molecule has 6 heteroatoms. The molecule has 26 heavy (non-hydrogen) atoms. The Morgan fingerprint density at radius 1 is 0.962 bits per heavy atom. The van der Waals surface area contributed by atoms with Crippen LogP contribution in [0.1, 0.15) is 10.4 Å². The van der Waals surface area contributed by atoms with E-state index in [-0.39, 0.29) is 5.91 Å². The van der Waals surface area contributed by atoms with Crippen LogP contribution in [0.2, 0.25) is 10.0 Å². The summed E-state index contributed by atoms with van der Waals surface area (Å²) in [5, 5.41) is 3.92. The molecule has 0 atom stereocenters.